The van der Waals surface area contributed by atoms with Crippen LogP contribution in [0.25, 0.3) is 0 Å². The number of aliphatic carboxylic acids is 1. The van der Waals surface area contributed by atoms with Crippen LogP contribution in [0.3, 0.4) is 0 Å². The Bertz CT molecular complexity index is 359. The van der Waals surface area contributed by atoms with Crippen LogP contribution in [0, 0.1) is 0 Å². The highest BCUT2D eigenvalue weighted by Crippen LogP contribution is 2.10. The SMILES string of the molecule is CCCCN(CC)C(=O)N1CC(=O)NCC1C(=O)O. The quantitative estimate of drug-likeness (QED) is 0.743. The van der Waals surface area contributed by atoms with Crippen molar-refractivity contribution in [2.75, 3.05) is 26.2 Å². The zero-order valence-electron chi connectivity index (χ0n) is 11.4. The van der Waals surface area contributed by atoms with Crippen molar-refractivity contribution in [2.24, 2.45) is 0 Å². The lowest BCUT2D eigenvalue weighted by molar-refractivity contribution is -0.144. The fourth-order valence-electron chi connectivity index (χ4n) is 1.98. The van der Waals surface area contributed by atoms with Crippen LogP contribution >= 0.6 is 0 Å². The van der Waals surface area contributed by atoms with E-state index in [1.807, 2.05) is 13.8 Å². The highest BCUT2D eigenvalue weighted by atomic mass is 16.4. The van der Waals surface area contributed by atoms with E-state index in [0.717, 1.165) is 17.7 Å². The molecule has 1 aliphatic heterocycles. The van der Waals surface area contributed by atoms with Gasteiger partial charge in [0.1, 0.15) is 12.6 Å². The summed E-state index contributed by atoms with van der Waals surface area (Å²) in [6, 6.07) is -1.36. The lowest BCUT2D eigenvalue weighted by Crippen LogP contribution is -2.61. The molecule has 1 heterocycles. The monoisotopic (exact) mass is 271 g/mol. The molecule has 0 saturated carbocycles. The molecule has 0 aromatic heterocycles. The summed E-state index contributed by atoms with van der Waals surface area (Å²) in [5.74, 6) is -1.42. The standard InChI is InChI=1S/C12H21N3O4/c1-3-5-6-14(4-2)12(19)15-8-10(16)13-7-9(15)11(17)18/h9H,3-8H2,1-2H3,(H,13,16)(H,17,18). The van der Waals surface area contributed by atoms with Gasteiger partial charge in [-0.15, -0.1) is 0 Å². The molecule has 1 atom stereocenters. The predicted octanol–water partition coefficient (Wildman–Crippen LogP) is 0.113. The van der Waals surface area contributed by atoms with Gasteiger partial charge in [0.05, 0.1) is 0 Å². The maximum Gasteiger partial charge on any atom is 0.328 e. The van der Waals surface area contributed by atoms with Crippen molar-refractivity contribution in [3.63, 3.8) is 0 Å². The van der Waals surface area contributed by atoms with E-state index in [4.69, 9.17) is 5.11 Å². The Morgan fingerprint density at radius 1 is 1.47 bits per heavy atom. The molecule has 7 nitrogen and oxygen atoms in total. The molecule has 108 valence electrons. The van der Waals surface area contributed by atoms with E-state index >= 15 is 0 Å². The predicted molar refractivity (Wildman–Crippen MR) is 68.7 cm³/mol. The summed E-state index contributed by atoms with van der Waals surface area (Å²) < 4.78 is 0. The van der Waals surface area contributed by atoms with Crippen LogP contribution < -0.4 is 5.32 Å². The molecule has 0 aromatic rings. The molecule has 0 aromatic carbocycles. The number of unbranched alkanes of at least 4 members (excludes halogenated alkanes) is 1. The third-order valence-electron chi connectivity index (χ3n) is 3.15. The Morgan fingerprint density at radius 2 is 2.16 bits per heavy atom. The maximum atomic E-state index is 12.3. The van der Waals surface area contributed by atoms with Gasteiger partial charge >= 0.3 is 12.0 Å². The first-order valence-corrected chi connectivity index (χ1v) is 6.56. The number of amides is 3. The molecule has 1 unspecified atom stereocenters. The largest absolute Gasteiger partial charge is 0.480 e. The van der Waals surface area contributed by atoms with E-state index in [-0.39, 0.29) is 25.0 Å². The second-order valence-electron chi connectivity index (χ2n) is 4.50. The minimum absolute atomic E-state index is 0.0365. The summed E-state index contributed by atoms with van der Waals surface area (Å²) in [5, 5.41) is 11.6. The van der Waals surface area contributed by atoms with Gasteiger partial charge in [-0.3, -0.25) is 9.69 Å². The van der Waals surface area contributed by atoms with Crippen molar-refractivity contribution in [1.82, 2.24) is 15.1 Å². The average Bonchev–Trinajstić information content (AvgIpc) is 2.38. The topological polar surface area (TPSA) is 90.0 Å². The Balaban J connectivity index is 2.79. The van der Waals surface area contributed by atoms with Gasteiger partial charge in [0.2, 0.25) is 5.91 Å². The Hall–Kier alpha value is -1.79. The summed E-state index contributed by atoms with van der Waals surface area (Å²) >= 11 is 0. The summed E-state index contributed by atoms with van der Waals surface area (Å²) in [7, 11) is 0. The third kappa shape index (κ3) is 3.84. The van der Waals surface area contributed by atoms with E-state index in [1.54, 1.807) is 4.90 Å². The zero-order chi connectivity index (χ0) is 14.4. The minimum Gasteiger partial charge on any atom is -0.480 e. The summed E-state index contributed by atoms with van der Waals surface area (Å²) in [6.45, 7) is 4.71. The molecule has 1 fully saturated rings. The molecule has 2 N–H and O–H groups in total. The Labute approximate surface area is 112 Å². The first-order chi connectivity index (χ1) is 9.01. The van der Waals surface area contributed by atoms with Crippen molar-refractivity contribution in [3.05, 3.63) is 0 Å². The summed E-state index contributed by atoms with van der Waals surface area (Å²) in [6.07, 6.45) is 1.81. The summed E-state index contributed by atoms with van der Waals surface area (Å²) in [4.78, 5) is 37.5. The number of urea groups is 1. The van der Waals surface area contributed by atoms with Gasteiger partial charge in [0, 0.05) is 19.6 Å². The van der Waals surface area contributed by atoms with Crippen LogP contribution in [0.1, 0.15) is 26.7 Å². The zero-order valence-corrected chi connectivity index (χ0v) is 11.4. The van der Waals surface area contributed by atoms with Gasteiger partial charge < -0.3 is 15.3 Å². The molecule has 1 saturated heterocycles. The molecular weight excluding hydrogens is 250 g/mol. The number of carboxylic acids is 1. The first kappa shape index (κ1) is 15.3. The maximum absolute atomic E-state index is 12.3. The van der Waals surface area contributed by atoms with E-state index in [2.05, 4.69) is 5.32 Å². The second-order valence-corrected chi connectivity index (χ2v) is 4.50. The number of hydrogen-bond donors (Lipinski definition) is 2. The lowest BCUT2D eigenvalue weighted by Gasteiger charge is -2.36. The van der Waals surface area contributed by atoms with Crippen LogP contribution in [0.4, 0.5) is 4.79 Å². The van der Waals surface area contributed by atoms with Gasteiger partial charge in [-0.25, -0.2) is 9.59 Å². The Morgan fingerprint density at radius 3 is 2.68 bits per heavy atom. The van der Waals surface area contributed by atoms with Crippen LogP contribution in [0.5, 0.6) is 0 Å². The first-order valence-electron chi connectivity index (χ1n) is 6.56. The van der Waals surface area contributed by atoms with Gasteiger partial charge in [0.25, 0.3) is 0 Å². The third-order valence-corrected chi connectivity index (χ3v) is 3.15. The molecule has 0 aliphatic carbocycles. The number of carboxylic acid groups (broad SMARTS) is 1. The van der Waals surface area contributed by atoms with E-state index < -0.39 is 12.0 Å². The number of piperazine rings is 1. The lowest BCUT2D eigenvalue weighted by atomic mass is 10.2. The van der Waals surface area contributed by atoms with Crippen molar-refractivity contribution < 1.29 is 19.5 Å². The molecule has 0 spiro atoms. The molecular formula is C12H21N3O4. The normalized spacial score (nSPS) is 18.9. The van der Waals surface area contributed by atoms with Crippen LogP contribution in [0.15, 0.2) is 0 Å². The number of carbonyl (C=O) groups excluding carboxylic acids is 2. The molecule has 1 rings (SSSR count). The fraction of sp³-hybridized carbons (Fsp3) is 0.750. The molecule has 0 bridgehead atoms. The highest BCUT2D eigenvalue weighted by molar-refractivity contribution is 5.90. The van der Waals surface area contributed by atoms with Gasteiger partial charge in [-0.1, -0.05) is 13.3 Å². The van der Waals surface area contributed by atoms with Gasteiger partial charge in [0.15, 0.2) is 0 Å². The van der Waals surface area contributed by atoms with Crippen LogP contribution in [-0.2, 0) is 9.59 Å². The fourth-order valence-corrected chi connectivity index (χ4v) is 1.98. The molecule has 0 radical (unpaired) electrons. The van der Waals surface area contributed by atoms with E-state index in [0.29, 0.717) is 13.1 Å². The van der Waals surface area contributed by atoms with Crippen molar-refractivity contribution in [3.8, 4) is 0 Å². The van der Waals surface area contributed by atoms with Crippen LogP contribution in [-0.4, -0.2) is 65.0 Å². The average molecular weight is 271 g/mol. The minimum atomic E-state index is -1.10. The van der Waals surface area contributed by atoms with Crippen LogP contribution in [0.2, 0.25) is 0 Å². The smallest absolute Gasteiger partial charge is 0.328 e. The van der Waals surface area contributed by atoms with E-state index in [1.165, 1.54) is 0 Å². The molecule has 3 amide bonds. The number of nitrogens with zero attached hydrogens (tertiary/aromatic N) is 2. The number of carbonyl (C=O) groups is 3. The Kier molecular flexibility index (Phi) is 5.59. The second kappa shape index (κ2) is 6.96. The molecule has 7 heteroatoms. The number of rotatable bonds is 5. The summed E-state index contributed by atoms with van der Waals surface area (Å²) in [5.41, 5.74) is 0. The number of hydrogen-bond acceptors (Lipinski definition) is 3. The van der Waals surface area contributed by atoms with Crippen molar-refractivity contribution in [1.29, 1.82) is 0 Å². The molecule has 19 heavy (non-hydrogen) atoms. The van der Waals surface area contributed by atoms with Crippen molar-refractivity contribution >= 4 is 17.9 Å². The van der Waals surface area contributed by atoms with Gasteiger partial charge in [-0.05, 0) is 13.3 Å². The molecule has 1 aliphatic rings. The van der Waals surface area contributed by atoms with E-state index in [9.17, 15) is 14.4 Å². The highest BCUT2D eigenvalue weighted by Gasteiger charge is 2.36. The van der Waals surface area contributed by atoms with Crippen molar-refractivity contribution in [2.45, 2.75) is 32.7 Å². The number of nitrogens with one attached hydrogen (secondary N) is 1. The van der Waals surface area contributed by atoms with Gasteiger partial charge in [-0.2, -0.15) is 0 Å².